The van der Waals surface area contributed by atoms with E-state index in [0.717, 1.165) is 61.4 Å². The first-order chi connectivity index (χ1) is 12.8. The van der Waals surface area contributed by atoms with Crippen LogP contribution in [0, 0.1) is 18.3 Å². The van der Waals surface area contributed by atoms with Gasteiger partial charge >= 0.3 is 0 Å². The summed E-state index contributed by atoms with van der Waals surface area (Å²) in [7, 11) is 0. The van der Waals surface area contributed by atoms with E-state index < -0.39 is 0 Å². The highest BCUT2D eigenvalue weighted by atomic mass is 16.5. The largest absolute Gasteiger partial charge is 0.379 e. The lowest BCUT2D eigenvalue weighted by Gasteiger charge is -2.39. The van der Waals surface area contributed by atoms with E-state index >= 15 is 0 Å². The first-order valence-corrected chi connectivity index (χ1v) is 9.49. The molecule has 0 bridgehead atoms. The van der Waals surface area contributed by atoms with Crippen molar-refractivity contribution in [2.45, 2.75) is 44.7 Å². The highest BCUT2D eigenvalue weighted by molar-refractivity contribution is 5.93. The normalized spacial score (nSPS) is 24.3. The van der Waals surface area contributed by atoms with Crippen LogP contribution >= 0.6 is 0 Å². The zero-order valence-electron chi connectivity index (χ0n) is 15.2. The molecule has 26 heavy (non-hydrogen) atoms. The summed E-state index contributed by atoms with van der Waals surface area (Å²) in [6.07, 6.45) is 6.32. The number of nitriles is 1. The molecule has 1 aliphatic carbocycles. The number of aryl methyl sites for hydroxylation is 1. The lowest BCUT2D eigenvalue weighted by atomic mass is 9.89. The quantitative estimate of drug-likeness (QED) is 0.916. The predicted octanol–water partition coefficient (Wildman–Crippen LogP) is 2.87. The molecule has 0 spiro atoms. The van der Waals surface area contributed by atoms with Crippen LogP contribution < -0.4 is 5.32 Å². The van der Waals surface area contributed by atoms with E-state index in [2.05, 4.69) is 26.3 Å². The summed E-state index contributed by atoms with van der Waals surface area (Å²) in [4.78, 5) is 11.4. The fraction of sp³-hybridized carbons (Fsp3) is 0.550. The lowest BCUT2D eigenvalue weighted by molar-refractivity contribution is 0.00791. The molecule has 4 rings (SSSR count). The van der Waals surface area contributed by atoms with Crippen LogP contribution in [0.1, 0.15) is 36.8 Å². The Bertz CT molecular complexity index is 817. The van der Waals surface area contributed by atoms with Crippen molar-refractivity contribution in [3.63, 3.8) is 0 Å². The molecule has 6 nitrogen and oxygen atoms in total. The van der Waals surface area contributed by atoms with Gasteiger partial charge in [0.2, 0.25) is 0 Å². The smallest absolute Gasteiger partial charge is 0.137 e. The average molecular weight is 351 g/mol. The van der Waals surface area contributed by atoms with E-state index in [0.29, 0.717) is 17.6 Å². The molecule has 1 saturated carbocycles. The van der Waals surface area contributed by atoms with Gasteiger partial charge in [-0.1, -0.05) is 0 Å². The standard InChI is InChI=1S/C20H25N5O/c1-14-15(12-21)2-7-18-19(14)20(23-13-22-18)24-16-3-5-17(6-4-16)25-8-10-26-11-9-25/h2,7,13,16-17H,3-6,8-11H2,1H3,(H,22,23,24). The Hall–Kier alpha value is -2.23. The van der Waals surface area contributed by atoms with Crippen molar-refractivity contribution >= 4 is 16.7 Å². The van der Waals surface area contributed by atoms with Crippen molar-refractivity contribution in [2.24, 2.45) is 0 Å². The van der Waals surface area contributed by atoms with Gasteiger partial charge in [0.1, 0.15) is 12.1 Å². The number of nitrogens with one attached hydrogen (secondary N) is 1. The van der Waals surface area contributed by atoms with E-state index in [1.54, 1.807) is 6.33 Å². The molecule has 6 heteroatoms. The Kier molecular flexibility index (Phi) is 5.00. The highest BCUT2D eigenvalue weighted by Gasteiger charge is 2.27. The van der Waals surface area contributed by atoms with Crippen molar-refractivity contribution in [1.29, 1.82) is 5.26 Å². The minimum atomic E-state index is 0.426. The summed E-state index contributed by atoms with van der Waals surface area (Å²) in [5.74, 6) is 0.861. The van der Waals surface area contributed by atoms with Gasteiger partial charge in [0.15, 0.2) is 0 Å². The number of fused-ring (bicyclic) bond motifs is 1. The van der Waals surface area contributed by atoms with Gasteiger partial charge in [0, 0.05) is 30.6 Å². The van der Waals surface area contributed by atoms with Crippen LogP contribution in [0.2, 0.25) is 0 Å². The molecule has 2 aliphatic rings. The monoisotopic (exact) mass is 351 g/mol. The first kappa shape index (κ1) is 17.2. The maximum Gasteiger partial charge on any atom is 0.137 e. The summed E-state index contributed by atoms with van der Waals surface area (Å²) in [6, 6.07) is 7.12. The van der Waals surface area contributed by atoms with Gasteiger partial charge in [0.05, 0.1) is 30.4 Å². The van der Waals surface area contributed by atoms with E-state index in [1.165, 1.54) is 12.8 Å². The minimum Gasteiger partial charge on any atom is -0.379 e. The summed E-state index contributed by atoms with van der Waals surface area (Å²) >= 11 is 0. The van der Waals surface area contributed by atoms with Gasteiger partial charge in [-0.25, -0.2) is 9.97 Å². The second kappa shape index (κ2) is 7.56. The Balaban J connectivity index is 1.47. The van der Waals surface area contributed by atoms with Crippen LogP contribution in [-0.2, 0) is 4.74 Å². The topological polar surface area (TPSA) is 74.1 Å². The lowest BCUT2D eigenvalue weighted by Crippen LogP contribution is -2.46. The number of morpholine rings is 1. The van der Waals surface area contributed by atoms with Crippen LogP contribution in [0.15, 0.2) is 18.5 Å². The zero-order chi connectivity index (χ0) is 17.9. The Morgan fingerprint density at radius 3 is 2.65 bits per heavy atom. The first-order valence-electron chi connectivity index (χ1n) is 9.49. The van der Waals surface area contributed by atoms with E-state index in [4.69, 9.17) is 4.74 Å². The van der Waals surface area contributed by atoms with Crippen LogP contribution in [0.4, 0.5) is 5.82 Å². The van der Waals surface area contributed by atoms with Crippen LogP contribution in [0.25, 0.3) is 10.9 Å². The van der Waals surface area contributed by atoms with Gasteiger partial charge in [-0.3, -0.25) is 4.90 Å². The van der Waals surface area contributed by atoms with Crippen molar-refractivity contribution in [3.05, 3.63) is 29.6 Å². The van der Waals surface area contributed by atoms with Crippen LogP contribution in [0.3, 0.4) is 0 Å². The van der Waals surface area contributed by atoms with Crippen LogP contribution in [-0.4, -0.2) is 53.3 Å². The molecule has 2 heterocycles. The van der Waals surface area contributed by atoms with Gasteiger partial charge in [-0.05, 0) is 50.3 Å². The van der Waals surface area contributed by atoms with Crippen molar-refractivity contribution in [1.82, 2.24) is 14.9 Å². The molecule has 0 atom stereocenters. The van der Waals surface area contributed by atoms with Gasteiger partial charge in [0.25, 0.3) is 0 Å². The number of hydrogen-bond donors (Lipinski definition) is 1. The molecule has 0 amide bonds. The zero-order valence-corrected chi connectivity index (χ0v) is 15.2. The maximum atomic E-state index is 9.32. The Morgan fingerprint density at radius 2 is 1.92 bits per heavy atom. The Labute approximate surface area is 154 Å². The molecule has 1 aromatic carbocycles. The van der Waals surface area contributed by atoms with Gasteiger partial charge < -0.3 is 10.1 Å². The summed E-state index contributed by atoms with van der Waals surface area (Å²) < 4.78 is 5.47. The fourth-order valence-corrected chi connectivity index (χ4v) is 4.27. The molecular formula is C20H25N5O. The summed E-state index contributed by atoms with van der Waals surface area (Å²) in [5, 5.41) is 13.9. The highest BCUT2D eigenvalue weighted by Crippen LogP contribution is 2.30. The third kappa shape index (κ3) is 3.37. The third-order valence-corrected chi connectivity index (χ3v) is 5.78. The minimum absolute atomic E-state index is 0.426. The third-order valence-electron chi connectivity index (χ3n) is 5.78. The van der Waals surface area contributed by atoms with Gasteiger partial charge in [-0.15, -0.1) is 0 Å². The van der Waals surface area contributed by atoms with Gasteiger partial charge in [-0.2, -0.15) is 5.26 Å². The predicted molar refractivity (Wildman–Crippen MR) is 101 cm³/mol. The van der Waals surface area contributed by atoms with E-state index in [9.17, 15) is 5.26 Å². The maximum absolute atomic E-state index is 9.32. The summed E-state index contributed by atoms with van der Waals surface area (Å²) in [5.41, 5.74) is 2.53. The molecule has 0 unspecified atom stereocenters. The molecule has 2 fully saturated rings. The van der Waals surface area contributed by atoms with Crippen molar-refractivity contribution < 1.29 is 4.74 Å². The number of anilines is 1. The number of benzene rings is 1. The number of nitrogens with zero attached hydrogens (tertiary/aromatic N) is 4. The van der Waals surface area contributed by atoms with Crippen molar-refractivity contribution in [2.75, 3.05) is 31.6 Å². The summed E-state index contributed by atoms with van der Waals surface area (Å²) in [6.45, 7) is 5.84. The fourth-order valence-electron chi connectivity index (χ4n) is 4.27. The molecule has 136 valence electrons. The average Bonchev–Trinajstić information content (AvgIpc) is 2.70. The van der Waals surface area contributed by atoms with Crippen LogP contribution in [0.5, 0.6) is 0 Å². The molecule has 1 aromatic heterocycles. The number of aromatic nitrogens is 2. The van der Waals surface area contributed by atoms with E-state index in [-0.39, 0.29) is 0 Å². The number of hydrogen-bond acceptors (Lipinski definition) is 6. The number of ether oxygens (including phenoxy) is 1. The molecular weight excluding hydrogens is 326 g/mol. The second-order valence-corrected chi connectivity index (χ2v) is 7.26. The molecule has 1 N–H and O–H groups in total. The number of rotatable bonds is 3. The molecule has 1 saturated heterocycles. The molecule has 0 radical (unpaired) electrons. The second-order valence-electron chi connectivity index (χ2n) is 7.26. The van der Waals surface area contributed by atoms with Crippen molar-refractivity contribution in [3.8, 4) is 6.07 Å². The SMILES string of the molecule is Cc1c(C#N)ccc2ncnc(NC3CCC(N4CCOCC4)CC3)c12. The molecule has 1 aliphatic heterocycles. The molecule has 2 aromatic rings. The Morgan fingerprint density at radius 1 is 1.15 bits per heavy atom. The van der Waals surface area contributed by atoms with E-state index in [1.807, 2.05) is 19.1 Å².